The van der Waals surface area contributed by atoms with Crippen molar-refractivity contribution < 1.29 is 15.0 Å². The van der Waals surface area contributed by atoms with E-state index in [2.05, 4.69) is 64.8 Å². The Bertz CT molecular complexity index is 1290. The molecule has 0 fully saturated rings. The Kier molecular flexibility index (Phi) is 7.66. The van der Waals surface area contributed by atoms with Crippen LogP contribution in [-0.2, 0) is 10.8 Å². The van der Waals surface area contributed by atoms with Crippen molar-refractivity contribution in [3.05, 3.63) is 87.9 Å². The smallest absolute Gasteiger partial charge is 0.335 e. The highest BCUT2D eigenvalue weighted by molar-refractivity contribution is 6.33. The standard InChI is InChI=1S/C30H35ClN2O3/c1-28(2,3)18-29(4,5)21-16-22(30(6,7)20-11-9-8-10-12-20)26(34)25(17-21)33-32-24-15-19(27(35)36)13-14-23(24)31/h8-17,34H,18H2,1-7H3,(H,35,36)/b33-32+. The molecule has 5 nitrogen and oxygen atoms in total. The lowest BCUT2D eigenvalue weighted by Crippen LogP contribution is -2.26. The Hall–Kier alpha value is -3.18. The number of carboxylic acids is 1. The molecule has 3 rings (SSSR count). The number of aromatic hydroxyl groups is 1. The van der Waals surface area contributed by atoms with Crippen molar-refractivity contribution in [3.63, 3.8) is 0 Å². The van der Waals surface area contributed by atoms with Crippen LogP contribution in [0, 0.1) is 5.41 Å². The molecule has 0 aliphatic carbocycles. The number of aromatic carboxylic acids is 1. The van der Waals surface area contributed by atoms with Gasteiger partial charge >= 0.3 is 5.97 Å². The molecular formula is C30H35ClN2O3. The van der Waals surface area contributed by atoms with Crippen LogP contribution in [0.3, 0.4) is 0 Å². The molecular weight excluding hydrogens is 472 g/mol. The number of hydrogen-bond donors (Lipinski definition) is 2. The lowest BCUT2D eigenvalue weighted by molar-refractivity contribution is 0.0697. The number of carbonyl (C=O) groups is 1. The summed E-state index contributed by atoms with van der Waals surface area (Å²) in [5.41, 5.74) is 2.80. The second kappa shape index (κ2) is 10.1. The summed E-state index contributed by atoms with van der Waals surface area (Å²) >= 11 is 6.26. The summed E-state index contributed by atoms with van der Waals surface area (Å²) in [7, 11) is 0. The highest BCUT2D eigenvalue weighted by Crippen LogP contribution is 2.46. The summed E-state index contributed by atoms with van der Waals surface area (Å²) in [6, 6.07) is 18.2. The third-order valence-electron chi connectivity index (χ3n) is 6.47. The van der Waals surface area contributed by atoms with Gasteiger partial charge in [-0.15, -0.1) is 10.2 Å². The van der Waals surface area contributed by atoms with E-state index in [1.807, 2.05) is 36.4 Å². The predicted molar refractivity (Wildman–Crippen MR) is 146 cm³/mol. The van der Waals surface area contributed by atoms with Gasteiger partial charge in [-0.25, -0.2) is 4.79 Å². The van der Waals surface area contributed by atoms with Crippen molar-refractivity contribution in [1.29, 1.82) is 0 Å². The summed E-state index contributed by atoms with van der Waals surface area (Å²) in [5.74, 6) is -1.04. The second-order valence-corrected chi connectivity index (χ2v) is 12.1. The molecule has 0 atom stereocenters. The van der Waals surface area contributed by atoms with Crippen LogP contribution in [-0.4, -0.2) is 16.2 Å². The molecule has 6 heteroatoms. The van der Waals surface area contributed by atoms with Crippen LogP contribution in [0.25, 0.3) is 0 Å². The van der Waals surface area contributed by atoms with E-state index in [0.29, 0.717) is 5.69 Å². The number of carboxylic acid groups (broad SMARTS) is 1. The van der Waals surface area contributed by atoms with E-state index in [1.54, 1.807) is 0 Å². The number of benzene rings is 3. The van der Waals surface area contributed by atoms with Gasteiger partial charge in [-0.3, -0.25) is 0 Å². The predicted octanol–water partition coefficient (Wildman–Crippen LogP) is 9.20. The fraction of sp³-hybridized carbons (Fsp3) is 0.367. The van der Waals surface area contributed by atoms with Gasteiger partial charge in [-0.1, -0.05) is 96.5 Å². The Morgan fingerprint density at radius 1 is 0.833 bits per heavy atom. The van der Waals surface area contributed by atoms with Crippen LogP contribution in [0.4, 0.5) is 11.4 Å². The molecule has 2 N–H and O–H groups in total. The first-order chi connectivity index (χ1) is 16.6. The average Bonchev–Trinajstić information content (AvgIpc) is 2.77. The number of phenolic OH excluding ortho intramolecular Hbond substituents is 1. The molecule has 0 unspecified atom stereocenters. The van der Waals surface area contributed by atoms with Crippen molar-refractivity contribution in [1.82, 2.24) is 0 Å². The maximum Gasteiger partial charge on any atom is 0.335 e. The molecule has 0 bridgehead atoms. The molecule has 3 aromatic rings. The molecule has 0 radical (unpaired) electrons. The highest BCUT2D eigenvalue weighted by Gasteiger charge is 2.33. The number of hydrogen-bond acceptors (Lipinski definition) is 4. The van der Waals surface area contributed by atoms with Crippen molar-refractivity contribution in [2.24, 2.45) is 15.6 Å². The third-order valence-corrected chi connectivity index (χ3v) is 6.79. The topological polar surface area (TPSA) is 82.2 Å². The average molecular weight is 507 g/mol. The van der Waals surface area contributed by atoms with Gasteiger partial charge < -0.3 is 10.2 Å². The quantitative estimate of drug-likeness (QED) is 0.313. The van der Waals surface area contributed by atoms with E-state index in [1.165, 1.54) is 18.2 Å². The van der Waals surface area contributed by atoms with Crippen LogP contribution >= 0.6 is 11.6 Å². The largest absolute Gasteiger partial charge is 0.505 e. The van der Waals surface area contributed by atoms with E-state index < -0.39 is 11.4 Å². The number of rotatable bonds is 7. The van der Waals surface area contributed by atoms with Crippen LogP contribution in [0.5, 0.6) is 5.75 Å². The molecule has 190 valence electrons. The number of nitrogens with zero attached hydrogens (tertiary/aromatic N) is 2. The van der Waals surface area contributed by atoms with Gasteiger partial charge in [0, 0.05) is 11.0 Å². The normalized spacial score (nSPS) is 12.8. The van der Waals surface area contributed by atoms with E-state index in [-0.39, 0.29) is 32.9 Å². The Labute approximate surface area is 218 Å². The Balaban J connectivity index is 2.22. The number of halogens is 1. The molecule has 3 aromatic carbocycles. The minimum atomic E-state index is -1.08. The first-order valence-electron chi connectivity index (χ1n) is 12.0. The fourth-order valence-electron chi connectivity index (χ4n) is 4.83. The van der Waals surface area contributed by atoms with Crippen LogP contribution in [0.1, 0.15) is 81.9 Å². The molecule has 36 heavy (non-hydrogen) atoms. The summed E-state index contributed by atoms with van der Waals surface area (Å²) in [5, 5.41) is 29.6. The molecule has 0 spiro atoms. The first-order valence-corrected chi connectivity index (χ1v) is 12.4. The van der Waals surface area contributed by atoms with Gasteiger partial charge in [0.1, 0.15) is 17.1 Å². The highest BCUT2D eigenvalue weighted by atomic mass is 35.5. The van der Waals surface area contributed by atoms with Crippen LogP contribution in [0.15, 0.2) is 70.9 Å². The SMILES string of the molecule is CC(C)(C)CC(C)(C)c1cc(/N=N/c2cc(C(=O)O)ccc2Cl)c(O)c(C(C)(C)c2ccccc2)c1. The number of azo groups is 1. The van der Waals surface area contributed by atoms with E-state index in [9.17, 15) is 15.0 Å². The lowest BCUT2D eigenvalue weighted by Gasteiger charge is -2.35. The van der Waals surface area contributed by atoms with E-state index in [0.717, 1.165) is 23.1 Å². The third kappa shape index (κ3) is 6.14. The fourth-order valence-corrected chi connectivity index (χ4v) is 4.99. The molecule has 0 amide bonds. The van der Waals surface area contributed by atoms with E-state index in [4.69, 9.17) is 11.6 Å². The molecule has 0 heterocycles. The maximum atomic E-state index is 11.4. The molecule has 0 aliphatic heterocycles. The van der Waals surface area contributed by atoms with Gasteiger partial charge in [0.25, 0.3) is 0 Å². The van der Waals surface area contributed by atoms with Gasteiger partial charge in [0.2, 0.25) is 0 Å². The monoisotopic (exact) mass is 506 g/mol. The van der Waals surface area contributed by atoms with Gasteiger partial charge in [-0.05, 0) is 52.6 Å². The Morgan fingerprint density at radius 2 is 1.44 bits per heavy atom. The zero-order chi connectivity index (χ0) is 26.9. The van der Waals surface area contributed by atoms with Crippen molar-refractivity contribution in [3.8, 4) is 5.75 Å². The summed E-state index contributed by atoms with van der Waals surface area (Å²) in [6.07, 6.45) is 0.916. The van der Waals surface area contributed by atoms with Gasteiger partial charge in [0.15, 0.2) is 0 Å². The van der Waals surface area contributed by atoms with Gasteiger partial charge in [-0.2, -0.15) is 0 Å². The number of phenols is 1. The zero-order valence-electron chi connectivity index (χ0n) is 22.1. The van der Waals surface area contributed by atoms with Crippen molar-refractivity contribution in [2.75, 3.05) is 0 Å². The zero-order valence-corrected chi connectivity index (χ0v) is 22.8. The minimum absolute atomic E-state index is 0.0356. The van der Waals surface area contributed by atoms with Crippen LogP contribution < -0.4 is 0 Å². The summed E-state index contributed by atoms with van der Waals surface area (Å²) < 4.78 is 0. The van der Waals surface area contributed by atoms with E-state index >= 15 is 0 Å². The molecule has 0 aliphatic rings. The molecule has 0 aromatic heterocycles. The summed E-state index contributed by atoms with van der Waals surface area (Å²) in [4.78, 5) is 11.4. The second-order valence-electron chi connectivity index (χ2n) is 11.7. The Morgan fingerprint density at radius 3 is 2.03 bits per heavy atom. The molecule has 0 saturated carbocycles. The maximum absolute atomic E-state index is 11.4. The lowest BCUT2D eigenvalue weighted by atomic mass is 9.70. The minimum Gasteiger partial charge on any atom is -0.505 e. The molecule has 0 saturated heterocycles. The van der Waals surface area contributed by atoms with Crippen molar-refractivity contribution in [2.45, 2.75) is 65.7 Å². The summed E-state index contributed by atoms with van der Waals surface area (Å²) in [6.45, 7) is 15.2. The first kappa shape index (κ1) is 27.4. The van der Waals surface area contributed by atoms with Gasteiger partial charge in [0.05, 0.1) is 10.6 Å². The van der Waals surface area contributed by atoms with Crippen molar-refractivity contribution >= 4 is 28.9 Å². The van der Waals surface area contributed by atoms with Crippen LogP contribution in [0.2, 0.25) is 5.02 Å².